The molecule has 2 rings (SSSR count). The smallest absolute Gasteiger partial charge is 0.317 e. The van der Waals surface area contributed by atoms with Crippen LogP contribution < -0.4 is 5.32 Å². The van der Waals surface area contributed by atoms with E-state index in [4.69, 9.17) is 0 Å². The monoisotopic (exact) mass is 336 g/mol. The van der Waals surface area contributed by atoms with Crippen molar-refractivity contribution in [1.82, 2.24) is 19.8 Å². The second-order valence-electron chi connectivity index (χ2n) is 4.72. The first-order valence-corrected chi connectivity index (χ1v) is 6.99. The molecule has 1 aromatic carbocycles. The van der Waals surface area contributed by atoms with Crippen molar-refractivity contribution in [2.45, 2.75) is 6.04 Å². The minimum atomic E-state index is -0.280. The lowest BCUT2D eigenvalue weighted by Gasteiger charge is -2.21. The summed E-state index contributed by atoms with van der Waals surface area (Å²) in [7, 11) is 5.34. The van der Waals surface area contributed by atoms with Crippen LogP contribution in [0, 0.1) is 0 Å². The number of aryl methyl sites for hydroxylation is 1. The van der Waals surface area contributed by atoms with Gasteiger partial charge in [-0.1, -0.05) is 28.1 Å². The normalized spacial score (nSPS) is 12.0. The first-order chi connectivity index (χ1) is 9.49. The number of carbonyl (C=O) groups excluding carboxylic acids is 1. The van der Waals surface area contributed by atoms with E-state index in [1.54, 1.807) is 20.3 Å². The molecule has 0 spiro atoms. The van der Waals surface area contributed by atoms with Crippen molar-refractivity contribution in [2.75, 3.05) is 14.1 Å². The number of rotatable bonds is 3. The Kier molecular flexibility index (Phi) is 4.44. The SMILES string of the molecule is CN(C)C(=O)NC(c1ccc(Br)cc1)c1nccn1C. The van der Waals surface area contributed by atoms with Crippen LogP contribution in [0.25, 0.3) is 0 Å². The van der Waals surface area contributed by atoms with Crippen LogP contribution in [0.2, 0.25) is 0 Å². The number of halogens is 1. The Morgan fingerprint density at radius 2 is 2.00 bits per heavy atom. The number of carbonyl (C=O) groups is 1. The molecule has 0 saturated carbocycles. The fourth-order valence-electron chi connectivity index (χ4n) is 1.86. The van der Waals surface area contributed by atoms with Crippen LogP contribution in [0.4, 0.5) is 4.79 Å². The van der Waals surface area contributed by atoms with Crippen molar-refractivity contribution >= 4 is 22.0 Å². The zero-order valence-electron chi connectivity index (χ0n) is 11.7. The van der Waals surface area contributed by atoms with Crippen LogP contribution in [0.5, 0.6) is 0 Å². The molecule has 20 heavy (non-hydrogen) atoms. The predicted octanol–water partition coefficient (Wildman–Crippen LogP) is 2.54. The van der Waals surface area contributed by atoms with E-state index in [1.807, 2.05) is 42.1 Å². The van der Waals surface area contributed by atoms with Crippen LogP contribution >= 0.6 is 15.9 Å². The highest BCUT2D eigenvalue weighted by atomic mass is 79.9. The fraction of sp³-hybridized carbons (Fsp3) is 0.286. The molecule has 1 heterocycles. The minimum absolute atomic E-state index is 0.152. The molecule has 106 valence electrons. The molecular weight excluding hydrogens is 320 g/mol. The average Bonchev–Trinajstić information content (AvgIpc) is 2.83. The van der Waals surface area contributed by atoms with E-state index >= 15 is 0 Å². The van der Waals surface area contributed by atoms with Crippen molar-refractivity contribution in [3.05, 3.63) is 52.5 Å². The van der Waals surface area contributed by atoms with Gasteiger partial charge in [-0.25, -0.2) is 9.78 Å². The largest absolute Gasteiger partial charge is 0.336 e. The average molecular weight is 337 g/mol. The van der Waals surface area contributed by atoms with E-state index in [0.29, 0.717) is 0 Å². The van der Waals surface area contributed by atoms with Crippen molar-refractivity contribution in [3.63, 3.8) is 0 Å². The zero-order chi connectivity index (χ0) is 14.7. The second kappa shape index (κ2) is 6.09. The molecule has 0 radical (unpaired) electrons. The summed E-state index contributed by atoms with van der Waals surface area (Å²) in [5, 5.41) is 2.98. The quantitative estimate of drug-likeness (QED) is 0.936. The fourth-order valence-corrected chi connectivity index (χ4v) is 2.12. The topological polar surface area (TPSA) is 50.2 Å². The van der Waals surface area contributed by atoms with Crippen LogP contribution in [0.3, 0.4) is 0 Å². The Morgan fingerprint density at radius 3 is 2.50 bits per heavy atom. The van der Waals surface area contributed by atoms with Crippen LogP contribution in [-0.2, 0) is 7.05 Å². The number of hydrogen-bond donors (Lipinski definition) is 1. The maximum absolute atomic E-state index is 12.0. The number of benzene rings is 1. The summed E-state index contributed by atoms with van der Waals surface area (Å²) < 4.78 is 2.90. The number of nitrogens with one attached hydrogen (secondary N) is 1. The Morgan fingerprint density at radius 1 is 1.35 bits per heavy atom. The van der Waals surface area contributed by atoms with Gasteiger partial charge in [0.15, 0.2) is 0 Å². The van der Waals surface area contributed by atoms with Crippen molar-refractivity contribution in [1.29, 1.82) is 0 Å². The molecule has 0 bridgehead atoms. The van der Waals surface area contributed by atoms with Gasteiger partial charge in [0.1, 0.15) is 11.9 Å². The van der Waals surface area contributed by atoms with Gasteiger partial charge < -0.3 is 14.8 Å². The summed E-state index contributed by atoms with van der Waals surface area (Å²) in [5.74, 6) is 0.794. The number of nitrogens with zero attached hydrogens (tertiary/aromatic N) is 3. The summed E-state index contributed by atoms with van der Waals surface area (Å²) in [6, 6.07) is 7.41. The standard InChI is InChI=1S/C14H17BrN4O/c1-18(2)14(20)17-12(13-16-8-9-19(13)3)10-4-6-11(15)7-5-10/h4-9,12H,1-3H3,(H,17,20). The van der Waals surface area contributed by atoms with Gasteiger partial charge in [-0.2, -0.15) is 0 Å². The number of aromatic nitrogens is 2. The highest BCUT2D eigenvalue weighted by Gasteiger charge is 2.21. The van der Waals surface area contributed by atoms with Crippen LogP contribution in [0.15, 0.2) is 41.1 Å². The lowest BCUT2D eigenvalue weighted by molar-refractivity contribution is 0.214. The number of urea groups is 1. The summed E-state index contributed by atoms with van der Waals surface area (Å²) in [4.78, 5) is 17.8. The Bertz CT molecular complexity index is 591. The number of hydrogen-bond acceptors (Lipinski definition) is 2. The zero-order valence-corrected chi connectivity index (χ0v) is 13.3. The second-order valence-corrected chi connectivity index (χ2v) is 5.64. The number of imidazole rings is 1. The number of amides is 2. The van der Waals surface area contributed by atoms with E-state index in [-0.39, 0.29) is 12.1 Å². The highest BCUT2D eigenvalue weighted by Crippen LogP contribution is 2.22. The van der Waals surface area contributed by atoms with E-state index in [1.165, 1.54) is 4.90 Å². The van der Waals surface area contributed by atoms with Gasteiger partial charge in [-0.15, -0.1) is 0 Å². The third kappa shape index (κ3) is 3.19. The van der Waals surface area contributed by atoms with Gasteiger partial charge in [0.2, 0.25) is 0 Å². The summed E-state index contributed by atoms with van der Waals surface area (Å²) >= 11 is 3.42. The third-order valence-corrected chi connectivity index (χ3v) is 3.52. The Balaban J connectivity index is 2.36. The van der Waals surface area contributed by atoms with E-state index < -0.39 is 0 Å². The van der Waals surface area contributed by atoms with Crippen molar-refractivity contribution in [3.8, 4) is 0 Å². The van der Waals surface area contributed by atoms with Gasteiger partial charge in [0.05, 0.1) is 0 Å². The maximum atomic E-state index is 12.0. The predicted molar refractivity (Wildman–Crippen MR) is 81.4 cm³/mol. The molecule has 1 N–H and O–H groups in total. The van der Waals surface area contributed by atoms with E-state index in [9.17, 15) is 4.79 Å². The first-order valence-electron chi connectivity index (χ1n) is 6.19. The maximum Gasteiger partial charge on any atom is 0.317 e. The molecule has 2 amide bonds. The molecule has 0 fully saturated rings. The summed E-state index contributed by atoms with van der Waals surface area (Å²) in [6.45, 7) is 0. The molecule has 6 heteroatoms. The lowest BCUT2D eigenvalue weighted by atomic mass is 10.1. The van der Waals surface area contributed by atoms with Crippen molar-refractivity contribution in [2.24, 2.45) is 7.05 Å². The van der Waals surface area contributed by atoms with Gasteiger partial charge in [0.25, 0.3) is 0 Å². The molecule has 1 atom stereocenters. The first kappa shape index (κ1) is 14.6. The molecule has 5 nitrogen and oxygen atoms in total. The summed E-state index contributed by atoms with van der Waals surface area (Å²) in [6.07, 6.45) is 3.59. The van der Waals surface area contributed by atoms with Crippen molar-refractivity contribution < 1.29 is 4.79 Å². The summed E-state index contributed by atoms with van der Waals surface area (Å²) in [5.41, 5.74) is 0.984. The van der Waals surface area contributed by atoms with E-state index in [2.05, 4.69) is 26.2 Å². The minimum Gasteiger partial charge on any atom is -0.336 e. The molecule has 0 saturated heterocycles. The van der Waals surface area contributed by atoms with Gasteiger partial charge >= 0.3 is 6.03 Å². The molecule has 0 aliphatic rings. The molecular formula is C14H17BrN4O. The van der Waals surface area contributed by atoms with Crippen LogP contribution in [-0.4, -0.2) is 34.6 Å². The van der Waals surface area contributed by atoms with Crippen LogP contribution in [0.1, 0.15) is 17.4 Å². The van der Waals surface area contributed by atoms with E-state index in [0.717, 1.165) is 15.9 Å². The van der Waals surface area contributed by atoms with Gasteiger partial charge in [0, 0.05) is 38.0 Å². The molecule has 1 aromatic heterocycles. The Labute approximate surface area is 126 Å². The Hall–Kier alpha value is -1.82. The van der Waals surface area contributed by atoms with Gasteiger partial charge in [-0.05, 0) is 17.7 Å². The molecule has 2 aromatic rings. The molecule has 0 aliphatic heterocycles. The van der Waals surface area contributed by atoms with Gasteiger partial charge in [-0.3, -0.25) is 0 Å². The third-order valence-electron chi connectivity index (χ3n) is 2.99. The molecule has 1 unspecified atom stereocenters. The molecule has 0 aliphatic carbocycles. The lowest BCUT2D eigenvalue weighted by Crippen LogP contribution is -2.38. The highest BCUT2D eigenvalue weighted by molar-refractivity contribution is 9.10.